The van der Waals surface area contributed by atoms with Gasteiger partial charge in [-0.2, -0.15) is 0 Å². The van der Waals surface area contributed by atoms with E-state index in [1.807, 2.05) is 0 Å². The number of hydrogen-bond donors (Lipinski definition) is 2. The summed E-state index contributed by atoms with van der Waals surface area (Å²) in [6.07, 6.45) is 5.80. The number of nitrogens with one attached hydrogen (secondary N) is 2. The van der Waals surface area contributed by atoms with Crippen molar-refractivity contribution in [2.75, 3.05) is 11.1 Å². The van der Waals surface area contributed by atoms with Gasteiger partial charge in [0.1, 0.15) is 0 Å². The van der Waals surface area contributed by atoms with E-state index in [4.69, 9.17) is 0 Å². The SMILES string of the molecule is O=C(Nc1ccc2c(c1)CCCS2(=O)=O)NC1CCCC1. The smallest absolute Gasteiger partial charge is 0.319 e. The van der Waals surface area contributed by atoms with Crippen LogP contribution in [-0.2, 0) is 16.3 Å². The van der Waals surface area contributed by atoms with Crippen LogP contribution in [0.2, 0.25) is 0 Å². The number of sulfone groups is 1. The van der Waals surface area contributed by atoms with Crippen molar-refractivity contribution in [2.45, 2.75) is 49.5 Å². The van der Waals surface area contributed by atoms with Crippen molar-refractivity contribution in [1.82, 2.24) is 5.32 Å². The molecule has 6 heteroatoms. The molecule has 2 aliphatic rings. The minimum Gasteiger partial charge on any atom is -0.335 e. The van der Waals surface area contributed by atoms with Crippen molar-refractivity contribution < 1.29 is 13.2 Å². The molecule has 1 aliphatic carbocycles. The summed E-state index contributed by atoms with van der Waals surface area (Å²) >= 11 is 0. The van der Waals surface area contributed by atoms with E-state index in [0.29, 0.717) is 17.0 Å². The first-order valence-electron chi connectivity index (χ1n) is 7.48. The number of fused-ring (bicyclic) bond motifs is 1. The average molecular weight is 308 g/mol. The zero-order valence-electron chi connectivity index (χ0n) is 11.9. The van der Waals surface area contributed by atoms with Crippen LogP contribution in [0.3, 0.4) is 0 Å². The standard InChI is InChI=1S/C15H20N2O3S/c18-15(16-12-5-1-2-6-12)17-13-7-8-14-11(10-13)4-3-9-21(14,19)20/h7-8,10,12H,1-6,9H2,(H2,16,17,18). The summed E-state index contributed by atoms with van der Waals surface area (Å²) in [5, 5.41) is 5.76. The Morgan fingerprint density at radius 1 is 1.14 bits per heavy atom. The Labute approximate surface area is 125 Å². The summed E-state index contributed by atoms with van der Waals surface area (Å²) in [4.78, 5) is 12.3. The van der Waals surface area contributed by atoms with E-state index in [1.54, 1.807) is 18.2 Å². The summed E-state index contributed by atoms with van der Waals surface area (Å²) in [5.41, 5.74) is 1.46. The van der Waals surface area contributed by atoms with Crippen LogP contribution in [0.1, 0.15) is 37.7 Å². The monoisotopic (exact) mass is 308 g/mol. The molecular weight excluding hydrogens is 288 g/mol. The summed E-state index contributed by atoms with van der Waals surface area (Å²) in [5.74, 6) is 0.217. The van der Waals surface area contributed by atoms with Gasteiger partial charge in [-0.05, 0) is 49.4 Å². The van der Waals surface area contributed by atoms with Crippen molar-refractivity contribution in [3.8, 4) is 0 Å². The molecule has 2 N–H and O–H groups in total. The molecule has 0 atom stereocenters. The van der Waals surface area contributed by atoms with Crippen LogP contribution < -0.4 is 10.6 Å². The van der Waals surface area contributed by atoms with Crippen LogP contribution in [0.25, 0.3) is 0 Å². The van der Waals surface area contributed by atoms with Crippen LogP contribution in [0, 0.1) is 0 Å². The zero-order chi connectivity index (χ0) is 14.9. The molecule has 1 fully saturated rings. The molecule has 0 aromatic heterocycles. The topological polar surface area (TPSA) is 75.3 Å². The fourth-order valence-corrected chi connectivity index (χ4v) is 4.72. The number of urea groups is 1. The van der Waals surface area contributed by atoms with Crippen molar-refractivity contribution in [2.24, 2.45) is 0 Å². The number of rotatable bonds is 2. The second kappa shape index (κ2) is 5.67. The molecule has 0 spiro atoms. The molecule has 0 unspecified atom stereocenters. The number of hydrogen-bond acceptors (Lipinski definition) is 3. The van der Waals surface area contributed by atoms with E-state index in [9.17, 15) is 13.2 Å². The second-order valence-corrected chi connectivity index (χ2v) is 7.90. The molecule has 21 heavy (non-hydrogen) atoms. The highest BCUT2D eigenvalue weighted by Crippen LogP contribution is 2.27. The molecule has 1 heterocycles. The lowest BCUT2D eigenvalue weighted by atomic mass is 10.1. The van der Waals surface area contributed by atoms with Crippen LogP contribution in [0.4, 0.5) is 10.5 Å². The first-order valence-corrected chi connectivity index (χ1v) is 9.13. The van der Waals surface area contributed by atoms with Gasteiger partial charge in [0.05, 0.1) is 10.6 Å². The number of benzene rings is 1. The fourth-order valence-electron chi connectivity index (χ4n) is 3.14. The van der Waals surface area contributed by atoms with Gasteiger partial charge < -0.3 is 10.6 Å². The van der Waals surface area contributed by atoms with Crippen LogP contribution >= 0.6 is 0 Å². The van der Waals surface area contributed by atoms with Gasteiger partial charge in [-0.3, -0.25) is 0 Å². The summed E-state index contributed by atoms with van der Waals surface area (Å²) in [7, 11) is -3.13. The molecule has 1 aromatic carbocycles. The van der Waals surface area contributed by atoms with Crippen LogP contribution in [0.5, 0.6) is 0 Å². The molecule has 2 amide bonds. The van der Waals surface area contributed by atoms with Gasteiger partial charge in [0, 0.05) is 11.7 Å². The average Bonchev–Trinajstić information content (AvgIpc) is 2.90. The lowest BCUT2D eigenvalue weighted by Crippen LogP contribution is -2.36. The van der Waals surface area contributed by atoms with E-state index in [2.05, 4.69) is 10.6 Å². The maximum absolute atomic E-state index is 11.9. The Balaban J connectivity index is 1.70. The Bertz CT molecular complexity index is 649. The van der Waals surface area contributed by atoms with E-state index in [0.717, 1.165) is 24.8 Å². The lowest BCUT2D eigenvalue weighted by molar-refractivity contribution is 0.248. The Kier molecular flexibility index (Phi) is 3.89. The molecule has 0 saturated heterocycles. The number of anilines is 1. The third-order valence-corrected chi connectivity index (χ3v) is 6.10. The fraction of sp³-hybridized carbons (Fsp3) is 0.533. The number of amides is 2. The predicted molar refractivity (Wildman–Crippen MR) is 81.2 cm³/mol. The van der Waals surface area contributed by atoms with Gasteiger partial charge in [-0.15, -0.1) is 0 Å². The van der Waals surface area contributed by atoms with Crippen LogP contribution in [-0.4, -0.2) is 26.2 Å². The Morgan fingerprint density at radius 2 is 1.90 bits per heavy atom. The zero-order valence-corrected chi connectivity index (χ0v) is 12.7. The third-order valence-electron chi connectivity index (χ3n) is 4.20. The molecule has 0 radical (unpaired) electrons. The van der Waals surface area contributed by atoms with Crippen molar-refractivity contribution >= 4 is 21.6 Å². The van der Waals surface area contributed by atoms with E-state index in [1.165, 1.54) is 12.8 Å². The van der Waals surface area contributed by atoms with Gasteiger partial charge in [-0.1, -0.05) is 12.8 Å². The predicted octanol–water partition coefficient (Wildman–Crippen LogP) is 2.47. The first kappa shape index (κ1) is 14.4. The molecule has 1 aliphatic heterocycles. The number of carbonyl (C=O) groups excluding carboxylic acids is 1. The largest absolute Gasteiger partial charge is 0.335 e. The van der Waals surface area contributed by atoms with Gasteiger partial charge in [-0.25, -0.2) is 13.2 Å². The van der Waals surface area contributed by atoms with Gasteiger partial charge in [0.2, 0.25) is 0 Å². The lowest BCUT2D eigenvalue weighted by Gasteiger charge is -2.18. The molecule has 3 rings (SSSR count). The first-order chi connectivity index (χ1) is 10.0. The van der Waals surface area contributed by atoms with E-state index >= 15 is 0 Å². The van der Waals surface area contributed by atoms with E-state index < -0.39 is 9.84 Å². The molecular formula is C15H20N2O3S. The van der Waals surface area contributed by atoms with Gasteiger partial charge in [0.15, 0.2) is 9.84 Å². The normalized spacial score (nSPS) is 20.8. The molecule has 114 valence electrons. The minimum atomic E-state index is -3.13. The quantitative estimate of drug-likeness (QED) is 0.881. The van der Waals surface area contributed by atoms with Crippen molar-refractivity contribution in [3.63, 3.8) is 0 Å². The highest BCUT2D eigenvalue weighted by molar-refractivity contribution is 7.91. The summed E-state index contributed by atoms with van der Waals surface area (Å²) < 4.78 is 23.9. The Hall–Kier alpha value is -1.56. The second-order valence-electron chi connectivity index (χ2n) is 5.82. The maximum atomic E-state index is 11.9. The summed E-state index contributed by atoms with van der Waals surface area (Å²) in [6.45, 7) is 0. The van der Waals surface area contributed by atoms with Crippen molar-refractivity contribution in [1.29, 1.82) is 0 Å². The van der Waals surface area contributed by atoms with Crippen molar-refractivity contribution in [3.05, 3.63) is 23.8 Å². The number of carbonyl (C=O) groups is 1. The van der Waals surface area contributed by atoms with Gasteiger partial charge in [0.25, 0.3) is 0 Å². The van der Waals surface area contributed by atoms with Crippen LogP contribution in [0.15, 0.2) is 23.1 Å². The maximum Gasteiger partial charge on any atom is 0.319 e. The number of aryl methyl sites for hydroxylation is 1. The highest BCUT2D eigenvalue weighted by Gasteiger charge is 2.24. The van der Waals surface area contributed by atoms with E-state index in [-0.39, 0.29) is 17.8 Å². The minimum absolute atomic E-state index is 0.208. The highest BCUT2D eigenvalue weighted by atomic mass is 32.2. The molecule has 1 aromatic rings. The molecule has 5 nitrogen and oxygen atoms in total. The molecule has 0 bridgehead atoms. The molecule has 1 saturated carbocycles. The third kappa shape index (κ3) is 3.20. The van der Waals surface area contributed by atoms with Gasteiger partial charge >= 0.3 is 6.03 Å². The summed E-state index contributed by atoms with van der Waals surface area (Å²) in [6, 6.07) is 5.11. The Morgan fingerprint density at radius 3 is 2.67 bits per heavy atom.